The van der Waals surface area contributed by atoms with Gasteiger partial charge in [0.2, 0.25) is 5.91 Å². The maximum absolute atomic E-state index is 12.6. The maximum atomic E-state index is 12.6. The summed E-state index contributed by atoms with van der Waals surface area (Å²) in [5.74, 6) is 1.05. The number of H-pyrrole nitrogens is 1. The summed E-state index contributed by atoms with van der Waals surface area (Å²) in [6, 6.07) is 0. The van der Waals surface area contributed by atoms with Crippen molar-refractivity contribution in [2.75, 3.05) is 13.2 Å². The second-order valence-electron chi connectivity index (χ2n) is 6.67. The van der Waals surface area contributed by atoms with E-state index in [2.05, 4.69) is 15.3 Å². The molecule has 21 heavy (non-hydrogen) atoms. The molecule has 3 rings (SSSR count). The standard InChI is InChI=1S/C15H24N4O2/c1-14(2)12-10(5-9-21-12)15(14,16)13(20)19-6-3-4-11-17-7-8-18-11/h7-8,10,12H,3-6,9,16H2,1-2H3,(H,17,18)(H,19,20). The van der Waals surface area contributed by atoms with Crippen molar-refractivity contribution >= 4 is 5.91 Å². The summed E-state index contributed by atoms with van der Waals surface area (Å²) in [5.41, 5.74) is 5.36. The number of aromatic nitrogens is 2. The Balaban J connectivity index is 1.53. The van der Waals surface area contributed by atoms with Crippen LogP contribution >= 0.6 is 0 Å². The molecule has 3 atom stereocenters. The average molecular weight is 292 g/mol. The Bertz CT molecular complexity index is 514. The number of aromatic amines is 1. The van der Waals surface area contributed by atoms with E-state index in [1.165, 1.54) is 0 Å². The highest BCUT2D eigenvalue weighted by molar-refractivity contribution is 5.89. The molecule has 1 amide bonds. The highest BCUT2D eigenvalue weighted by Gasteiger charge is 2.71. The van der Waals surface area contributed by atoms with E-state index >= 15 is 0 Å². The SMILES string of the molecule is CC1(C)C2OCCC2C1(N)C(=O)NCCCc1ncc[nH]1. The quantitative estimate of drug-likeness (QED) is 0.693. The molecule has 0 radical (unpaired) electrons. The van der Waals surface area contributed by atoms with Gasteiger partial charge in [-0.3, -0.25) is 4.79 Å². The molecular formula is C15H24N4O2. The number of carbonyl (C=O) groups is 1. The number of rotatable bonds is 5. The van der Waals surface area contributed by atoms with Crippen molar-refractivity contribution in [3.63, 3.8) is 0 Å². The fourth-order valence-electron chi connectivity index (χ4n) is 3.88. The first-order valence-corrected chi connectivity index (χ1v) is 7.65. The summed E-state index contributed by atoms with van der Waals surface area (Å²) in [5, 5.41) is 2.99. The minimum atomic E-state index is -0.807. The number of carbonyl (C=O) groups excluding carboxylic acids is 1. The lowest BCUT2D eigenvalue weighted by atomic mass is 9.48. The molecule has 3 unspecified atom stereocenters. The maximum Gasteiger partial charge on any atom is 0.241 e. The first-order valence-electron chi connectivity index (χ1n) is 7.65. The van der Waals surface area contributed by atoms with E-state index < -0.39 is 5.54 Å². The first-order chi connectivity index (χ1) is 9.98. The van der Waals surface area contributed by atoms with Crippen molar-refractivity contribution in [1.82, 2.24) is 15.3 Å². The third-order valence-corrected chi connectivity index (χ3v) is 5.26. The number of nitrogens with two attached hydrogens (primary N) is 1. The van der Waals surface area contributed by atoms with Gasteiger partial charge in [0.1, 0.15) is 11.4 Å². The van der Waals surface area contributed by atoms with E-state index in [0.717, 1.165) is 25.1 Å². The van der Waals surface area contributed by atoms with Crippen LogP contribution in [0.5, 0.6) is 0 Å². The number of nitrogens with one attached hydrogen (secondary N) is 2. The first kappa shape index (κ1) is 14.5. The fourth-order valence-corrected chi connectivity index (χ4v) is 3.88. The van der Waals surface area contributed by atoms with Crippen LogP contribution in [0.1, 0.15) is 32.5 Å². The zero-order valence-electron chi connectivity index (χ0n) is 12.7. The minimum absolute atomic E-state index is 0.0429. The van der Waals surface area contributed by atoms with Crippen LogP contribution < -0.4 is 11.1 Å². The van der Waals surface area contributed by atoms with Crippen LogP contribution in [0, 0.1) is 11.3 Å². The summed E-state index contributed by atoms with van der Waals surface area (Å²) in [6.45, 7) is 5.39. The van der Waals surface area contributed by atoms with Crippen LogP contribution in [-0.2, 0) is 16.0 Å². The van der Waals surface area contributed by atoms with Crippen LogP contribution in [0.4, 0.5) is 0 Å². The Morgan fingerprint density at radius 3 is 3.14 bits per heavy atom. The molecule has 6 heteroatoms. The molecule has 1 aliphatic heterocycles. The van der Waals surface area contributed by atoms with Gasteiger partial charge in [-0.1, -0.05) is 13.8 Å². The molecular weight excluding hydrogens is 268 g/mol. The number of ether oxygens (including phenoxy) is 1. The molecule has 0 bridgehead atoms. The van der Waals surface area contributed by atoms with E-state index in [-0.39, 0.29) is 23.3 Å². The summed E-state index contributed by atoms with van der Waals surface area (Å²) in [7, 11) is 0. The molecule has 2 fully saturated rings. The van der Waals surface area contributed by atoms with Gasteiger partial charge < -0.3 is 20.8 Å². The Hall–Kier alpha value is -1.40. The molecule has 2 aliphatic rings. The van der Waals surface area contributed by atoms with Crippen molar-refractivity contribution in [1.29, 1.82) is 0 Å². The van der Waals surface area contributed by atoms with Crippen LogP contribution in [-0.4, -0.2) is 40.7 Å². The highest BCUT2D eigenvalue weighted by atomic mass is 16.5. The van der Waals surface area contributed by atoms with Crippen molar-refractivity contribution in [2.24, 2.45) is 17.1 Å². The molecule has 1 aliphatic carbocycles. The zero-order valence-corrected chi connectivity index (χ0v) is 12.7. The predicted molar refractivity (Wildman–Crippen MR) is 78.5 cm³/mol. The predicted octanol–water partition coefficient (Wildman–Crippen LogP) is 0.601. The zero-order chi connectivity index (χ0) is 15.1. The normalized spacial score (nSPS) is 33.3. The number of amides is 1. The highest BCUT2D eigenvalue weighted by Crippen LogP contribution is 2.58. The average Bonchev–Trinajstić information content (AvgIpc) is 3.12. The van der Waals surface area contributed by atoms with Gasteiger partial charge in [-0.25, -0.2) is 4.98 Å². The van der Waals surface area contributed by atoms with Gasteiger partial charge in [0.05, 0.1) is 6.10 Å². The largest absolute Gasteiger partial charge is 0.377 e. The fraction of sp³-hybridized carbons (Fsp3) is 0.733. The molecule has 1 saturated heterocycles. The van der Waals surface area contributed by atoms with Crippen molar-refractivity contribution in [3.8, 4) is 0 Å². The second-order valence-corrected chi connectivity index (χ2v) is 6.67. The van der Waals surface area contributed by atoms with Gasteiger partial charge >= 0.3 is 0 Å². The van der Waals surface area contributed by atoms with E-state index in [1.807, 2.05) is 13.8 Å². The van der Waals surface area contributed by atoms with E-state index in [0.29, 0.717) is 13.2 Å². The third kappa shape index (κ3) is 2.08. The summed E-state index contributed by atoms with van der Waals surface area (Å²) < 4.78 is 5.71. The number of fused-ring (bicyclic) bond motifs is 1. The second kappa shape index (κ2) is 5.10. The molecule has 4 N–H and O–H groups in total. The van der Waals surface area contributed by atoms with Crippen molar-refractivity contribution < 1.29 is 9.53 Å². The number of imidazole rings is 1. The molecule has 0 spiro atoms. The summed E-state index contributed by atoms with van der Waals surface area (Å²) in [4.78, 5) is 19.8. The number of hydrogen-bond donors (Lipinski definition) is 3. The number of hydrogen-bond acceptors (Lipinski definition) is 4. The van der Waals surface area contributed by atoms with Gasteiger partial charge in [-0.15, -0.1) is 0 Å². The van der Waals surface area contributed by atoms with Crippen LogP contribution in [0.15, 0.2) is 12.4 Å². The van der Waals surface area contributed by atoms with Crippen molar-refractivity contribution in [2.45, 2.75) is 44.8 Å². The molecule has 0 aromatic carbocycles. The molecule has 1 aromatic rings. The van der Waals surface area contributed by atoms with E-state index in [9.17, 15) is 4.79 Å². The molecule has 116 valence electrons. The van der Waals surface area contributed by atoms with Gasteiger partial charge in [-0.05, 0) is 12.8 Å². The Labute approximate surface area is 124 Å². The third-order valence-electron chi connectivity index (χ3n) is 5.26. The van der Waals surface area contributed by atoms with Gasteiger partial charge in [-0.2, -0.15) is 0 Å². The molecule has 6 nitrogen and oxygen atoms in total. The molecule has 1 saturated carbocycles. The summed E-state index contributed by atoms with van der Waals surface area (Å²) in [6.07, 6.45) is 6.21. The monoisotopic (exact) mass is 292 g/mol. The Morgan fingerprint density at radius 2 is 2.43 bits per heavy atom. The Morgan fingerprint density at radius 1 is 1.62 bits per heavy atom. The lowest BCUT2D eigenvalue weighted by Gasteiger charge is -2.60. The molecule has 1 aromatic heterocycles. The number of nitrogens with zero attached hydrogens (tertiary/aromatic N) is 1. The van der Waals surface area contributed by atoms with E-state index in [1.54, 1.807) is 12.4 Å². The van der Waals surface area contributed by atoms with Gasteiger partial charge in [0, 0.05) is 43.3 Å². The Kier molecular flexibility index (Phi) is 3.53. The van der Waals surface area contributed by atoms with Crippen LogP contribution in [0.2, 0.25) is 0 Å². The van der Waals surface area contributed by atoms with Crippen molar-refractivity contribution in [3.05, 3.63) is 18.2 Å². The lowest BCUT2D eigenvalue weighted by Crippen LogP contribution is -2.80. The van der Waals surface area contributed by atoms with Gasteiger partial charge in [0.15, 0.2) is 0 Å². The van der Waals surface area contributed by atoms with Gasteiger partial charge in [0.25, 0.3) is 0 Å². The van der Waals surface area contributed by atoms with E-state index in [4.69, 9.17) is 10.5 Å². The lowest BCUT2D eigenvalue weighted by molar-refractivity contribution is -0.175. The minimum Gasteiger partial charge on any atom is -0.377 e. The van der Waals surface area contributed by atoms with Crippen LogP contribution in [0.25, 0.3) is 0 Å². The molecule has 2 heterocycles. The summed E-state index contributed by atoms with van der Waals surface area (Å²) >= 11 is 0. The smallest absolute Gasteiger partial charge is 0.241 e. The number of aryl methyl sites for hydroxylation is 1. The van der Waals surface area contributed by atoms with Crippen LogP contribution in [0.3, 0.4) is 0 Å². The topological polar surface area (TPSA) is 93.0 Å².